The highest BCUT2D eigenvalue weighted by molar-refractivity contribution is 4.93. The molecular formula is C10H21NO4. The van der Waals surface area contributed by atoms with Gasteiger partial charge in [-0.2, -0.15) is 0 Å². The van der Waals surface area contributed by atoms with Crippen LogP contribution in [0.5, 0.6) is 0 Å². The number of hydrogen-bond acceptors (Lipinski definition) is 5. The second-order valence-corrected chi connectivity index (χ2v) is 3.99. The van der Waals surface area contributed by atoms with E-state index in [0.29, 0.717) is 6.61 Å². The maximum Gasteiger partial charge on any atom is 0.0989 e. The van der Waals surface area contributed by atoms with E-state index in [-0.39, 0.29) is 24.7 Å². The van der Waals surface area contributed by atoms with E-state index in [9.17, 15) is 5.11 Å². The van der Waals surface area contributed by atoms with E-state index in [1.54, 1.807) is 7.11 Å². The summed E-state index contributed by atoms with van der Waals surface area (Å²) in [5.74, 6) is -0.0990. The lowest BCUT2D eigenvalue weighted by Gasteiger charge is -2.42. The van der Waals surface area contributed by atoms with Gasteiger partial charge in [0, 0.05) is 13.0 Å². The van der Waals surface area contributed by atoms with Gasteiger partial charge >= 0.3 is 0 Å². The number of nitrogens with two attached hydrogens (primary N) is 1. The SMILES string of the molecule is CCC1C(CO)OC(COC)C(N)C1O. The van der Waals surface area contributed by atoms with Gasteiger partial charge in [-0.1, -0.05) is 6.92 Å². The minimum Gasteiger partial charge on any atom is -0.394 e. The molecule has 1 aliphatic heterocycles. The summed E-state index contributed by atoms with van der Waals surface area (Å²) in [5, 5.41) is 19.1. The maximum atomic E-state index is 9.96. The Hall–Kier alpha value is -0.200. The predicted molar refractivity (Wildman–Crippen MR) is 55.4 cm³/mol. The molecule has 0 aromatic carbocycles. The largest absolute Gasteiger partial charge is 0.394 e. The smallest absolute Gasteiger partial charge is 0.0989 e. The molecule has 5 atom stereocenters. The average molecular weight is 219 g/mol. The van der Waals surface area contributed by atoms with Gasteiger partial charge in [0.15, 0.2) is 0 Å². The van der Waals surface area contributed by atoms with Crippen LogP contribution in [-0.2, 0) is 9.47 Å². The average Bonchev–Trinajstić information content (AvgIpc) is 2.24. The topological polar surface area (TPSA) is 84.9 Å². The number of aliphatic hydroxyl groups is 2. The van der Waals surface area contributed by atoms with Crippen molar-refractivity contribution in [3.8, 4) is 0 Å². The van der Waals surface area contributed by atoms with Crippen LogP contribution in [0.1, 0.15) is 13.3 Å². The van der Waals surface area contributed by atoms with E-state index >= 15 is 0 Å². The zero-order valence-electron chi connectivity index (χ0n) is 9.30. The molecule has 0 saturated carbocycles. The van der Waals surface area contributed by atoms with Crippen molar-refractivity contribution in [1.29, 1.82) is 0 Å². The Morgan fingerprint density at radius 2 is 2.07 bits per heavy atom. The first kappa shape index (κ1) is 12.9. The van der Waals surface area contributed by atoms with E-state index in [0.717, 1.165) is 6.42 Å². The summed E-state index contributed by atoms with van der Waals surface area (Å²) >= 11 is 0. The molecule has 1 aliphatic rings. The fourth-order valence-corrected chi connectivity index (χ4v) is 2.14. The Bertz CT molecular complexity index is 186. The van der Waals surface area contributed by atoms with Crippen LogP contribution < -0.4 is 5.73 Å². The third-order valence-corrected chi connectivity index (χ3v) is 3.07. The minimum atomic E-state index is -0.638. The van der Waals surface area contributed by atoms with Gasteiger partial charge in [0.05, 0.1) is 37.6 Å². The summed E-state index contributed by atoms with van der Waals surface area (Å²) in [4.78, 5) is 0. The fraction of sp³-hybridized carbons (Fsp3) is 1.00. The second-order valence-electron chi connectivity index (χ2n) is 3.99. The maximum absolute atomic E-state index is 9.96. The Morgan fingerprint density at radius 1 is 1.40 bits per heavy atom. The Kier molecular flexibility index (Phi) is 4.95. The summed E-state index contributed by atoms with van der Waals surface area (Å²) < 4.78 is 10.6. The lowest BCUT2D eigenvalue weighted by Crippen LogP contribution is -2.60. The van der Waals surface area contributed by atoms with Crippen molar-refractivity contribution >= 4 is 0 Å². The van der Waals surface area contributed by atoms with E-state index in [1.807, 2.05) is 6.92 Å². The highest BCUT2D eigenvalue weighted by Gasteiger charge is 2.41. The number of aliphatic hydroxyl groups excluding tert-OH is 2. The second kappa shape index (κ2) is 5.77. The number of methoxy groups -OCH3 is 1. The number of rotatable bonds is 4. The van der Waals surface area contributed by atoms with Crippen LogP contribution >= 0.6 is 0 Å². The lowest BCUT2D eigenvalue weighted by atomic mass is 9.84. The third-order valence-electron chi connectivity index (χ3n) is 3.07. The van der Waals surface area contributed by atoms with E-state index in [1.165, 1.54) is 0 Å². The Morgan fingerprint density at radius 3 is 2.53 bits per heavy atom. The van der Waals surface area contributed by atoms with E-state index in [4.69, 9.17) is 20.3 Å². The van der Waals surface area contributed by atoms with Crippen molar-refractivity contribution in [2.24, 2.45) is 11.7 Å². The van der Waals surface area contributed by atoms with Crippen molar-refractivity contribution in [3.05, 3.63) is 0 Å². The van der Waals surface area contributed by atoms with Crippen LogP contribution in [0.25, 0.3) is 0 Å². The van der Waals surface area contributed by atoms with Crippen molar-refractivity contribution in [2.75, 3.05) is 20.3 Å². The Balaban J connectivity index is 2.68. The molecule has 5 nitrogen and oxygen atoms in total. The van der Waals surface area contributed by atoms with Crippen LogP contribution in [0.2, 0.25) is 0 Å². The molecule has 15 heavy (non-hydrogen) atoms. The summed E-state index contributed by atoms with van der Waals surface area (Å²) in [5.41, 5.74) is 5.85. The highest BCUT2D eigenvalue weighted by atomic mass is 16.5. The third kappa shape index (κ3) is 2.68. The Labute approximate surface area is 90.2 Å². The van der Waals surface area contributed by atoms with Gasteiger partial charge in [0.2, 0.25) is 0 Å². The van der Waals surface area contributed by atoms with Gasteiger partial charge < -0.3 is 25.4 Å². The zero-order chi connectivity index (χ0) is 11.4. The zero-order valence-corrected chi connectivity index (χ0v) is 9.30. The van der Waals surface area contributed by atoms with Gasteiger partial charge in [-0.25, -0.2) is 0 Å². The van der Waals surface area contributed by atoms with Crippen LogP contribution in [0.15, 0.2) is 0 Å². The molecule has 0 aliphatic carbocycles. The summed E-state index contributed by atoms with van der Waals surface area (Å²) in [7, 11) is 1.56. The molecule has 0 aromatic heterocycles. The molecule has 0 aromatic rings. The molecule has 1 saturated heterocycles. The van der Waals surface area contributed by atoms with Crippen molar-refractivity contribution in [3.63, 3.8) is 0 Å². The summed E-state index contributed by atoms with van der Waals surface area (Å²) in [6.07, 6.45) is -0.587. The molecule has 5 unspecified atom stereocenters. The van der Waals surface area contributed by atoms with Crippen LogP contribution in [0.3, 0.4) is 0 Å². The lowest BCUT2D eigenvalue weighted by molar-refractivity contribution is -0.173. The molecule has 0 amide bonds. The van der Waals surface area contributed by atoms with Gasteiger partial charge in [-0.05, 0) is 6.42 Å². The first-order chi connectivity index (χ1) is 7.15. The van der Waals surface area contributed by atoms with E-state index < -0.39 is 12.1 Å². The van der Waals surface area contributed by atoms with Gasteiger partial charge in [-0.15, -0.1) is 0 Å². The summed E-state index contributed by atoms with van der Waals surface area (Å²) in [6.45, 7) is 2.19. The molecule has 90 valence electrons. The van der Waals surface area contributed by atoms with Crippen LogP contribution in [0.4, 0.5) is 0 Å². The molecule has 1 heterocycles. The van der Waals surface area contributed by atoms with Crippen molar-refractivity contribution in [2.45, 2.75) is 37.7 Å². The first-order valence-electron chi connectivity index (χ1n) is 5.34. The number of ether oxygens (including phenoxy) is 2. The van der Waals surface area contributed by atoms with Crippen molar-refractivity contribution in [1.82, 2.24) is 0 Å². The quantitative estimate of drug-likeness (QED) is 0.571. The molecule has 4 N–H and O–H groups in total. The van der Waals surface area contributed by atoms with Gasteiger partial charge in [-0.3, -0.25) is 0 Å². The molecule has 1 fully saturated rings. The standard InChI is InChI=1S/C10H21NO4/c1-3-6-7(4-12)15-8(5-14-2)9(11)10(6)13/h6-10,12-13H,3-5,11H2,1-2H3. The highest BCUT2D eigenvalue weighted by Crippen LogP contribution is 2.27. The van der Waals surface area contributed by atoms with Crippen molar-refractivity contribution < 1.29 is 19.7 Å². The van der Waals surface area contributed by atoms with E-state index in [2.05, 4.69) is 0 Å². The molecule has 0 bridgehead atoms. The van der Waals surface area contributed by atoms with Crippen LogP contribution in [0, 0.1) is 5.92 Å². The minimum absolute atomic E-state index is 0.0947. The monoisotopic (exact) mass is 219 g/mol. The predicted octanol–water partition coefficient (Wildman–Crippen LogP) is -0.893. The molecule has 1 rings (SSSR count). The molecule has 0 spiro atoms. The van der Waals surface area contributed by atoms with Gasteiger partial charge in [0.25, 0.3) is 0 Å². The number of hydrogen-bond donors (Lipinski definition) is 3. The fourth-order valence-electron chi connectivity index (χ4n) is 2.14. The first-order valence-corrected chi connectivity index (χ1v) is 5.34. The molecular weight excluding hydrogens is 198 g/mol. The normalized spacial score (nSPS) is 41.8. The molecule has 5 heteroatoms. The van der Waals surface area contributed by atoms with Gasteiger partial charge in [0.1, 0.15) is 0 Å². The van der Waals surface area contributed by atoms with Crippen LogP contribution in [-0.4, -0.2) is 54.9 Å². The summed E-state index contributed by atoms with van der Waals surface area (Å²) in [6, 6.07) is -0.447. The molecule has 0 radical (unpaired) electrons.